The monoisotopic (exact) mass is 453 g/mol. The summed E-state index contributed by atoms with van der Waals surface area (Å²) in [4.78, 5) is 12.1. The molecule has 0 N–H and O–H groups in total. The minimum Gasteiger partial charge on any atom is -0.451 e. The zero-order chi connectivity index (χ0) is 24.8. The molecule has 178 valence electrons. The fraction of sp³-hybridized carbons (Fsp3) is 0.500. The lowest BCUT2D eigenvalue weighted by Crippen LogP contribution is -2.21. The Balaban J connectivity index is 2.39. The summed E-state index contributed by atoms with van der Waals surface area (Å²) in [5, 5.41) is 14.4. The van der Waals surface area contributed by atoms with E-state index in [4.69, 9.17) is 14.2 Å². The topological polar surface area (TPSA) is 86.4 Å². The van der Waals surface area contributed by atoms with Gasteiger partial charge in [-0.1, -0.05) is 65.3 Å². The molecule has 2 aromatic rings. The number of nitriles is 1. The number of ether oxygens (including phenoxy) is 3. The molecule has 0 amide bonds. The lowest BCUT2D eigenvalue weighted by molar-refractivity contribution is -0.0694. The molecule has 0 saturated carbocycles. The van der Waals surface area contributed by atoms with Crippen molar-refractivity contribution in [2.24, 2.45) is 13.0 Å². The summed E-state index contributed by atoms with van der Waals surface area (Å²) in [6, 6.07) is 11.9. The zero-order valence-corrected chi connectivity index (χ0v) is 20.9. The van der Waals surface area contributed by atoms with Crippen LogP contribution in [0.15, 0.2) is 30.3 Å². The van der Waals surface area contributed by atoms with E-state index >= 15 is 0 Å². The highest BCUT2D eigenvalue weighted by atomic mass is 16.8. The Bertz CT molecular complexity index is 1020. The second-order valence-corrected chi connectivity index (χ2v) is 9.32. The van der Waals surface area contributed by atoms with Gasteiger partial charge in [0.05, 0.1) is 12.3 Å². The molecule has 0 spiro atoms. The Morgan fingerprint density at radius 2 is 1.82 bits per heavy atom. The van der Waals surface area contributed by atoms with Gasteiger partial charge in [0.15, 0.2) is 5.76 Å². The van der Waals surface area contributed by atoms with Crippen LogP contribution in [0.2, 0.25) is 0 Å². The van der Waals surface area contributed by atoms with Crippen LogP contribution in [0, 0.1) is 24.2 Å². The lowest BCUT2D eigenvalue weighted by atomic mass is 9.86. The molecule has 0 bridgehead atoms. The van der Waals surface area contributed by atoms with E-state index in [2.05, 4.69) is 31.9 Å². The van der Waals surface area contributed by atoms with Gasteiger partial charge in [0.2, 0.25) is 6.29 Å². The SMILES string of the molecule is CCC(C)COC(=O)OC(C)O/C(=C(/C#N)c1ccc(C(C)(C)C)cc1)c1cc(C)nn1C. The average Bonchev–Trinajstić information content (AvgIpc) is 3.09. The fourth-order valence-electron chi connectivity index (χ4n) is 3.14. The van der Waals surface area contributed by atoms with Crippen LogP contribution in [0.4, 0.5) is 4.79 Å². The van der Waals surface area contributed by atoms with Gasteiger partial charge in [-0.2, -0.15) is 10.4 Å². The summed E-state index contributed by atoms with van der Waals surface area (Å²) in [5.74, 6) is 0.522. The van der Waals surface area contributed by atoms with Gasteiger partial charge in [0.25, 0.3) is 0 Å². The zero-order valence-electron chi connectivity index (χ0n) is 20.9. The summed E-state index contributed by atoms with van der Waals surface area (Å²) in [5.41, 5.74) is 3.55. The molecule has 0 aliphatic heterocycles. The number of benzene rings is 1. The number of aryl methyl sites for hydroxylation is 2. The smallest absolute Gasteiger partial charge is 0.451 e. The van der Waals surface area contributed by atoms with Gasteiger partial charge in [-0.05, 0) is 35.4 Å². The Labute approximate surface area is 197 Å². The molecule has 1 heterocycles. The minimum atomic E-state index is -0.975. The van der Waals surface area contributed by atoms with Crippen molar-refractivity contribution in [3.63, 3.8) is 0 Å². The van der Waals surface area contributed by atoms with Crippen molar-refractivity contribution in [3.05, 3.63) is 52.8 Å². The molecule has 7 heteroatoms. The normalized spacial score (nSPS) is 14.0. The lowest BCUT2D eigenvalue weighted by Gasteiger charge is -2.21. The van der Waals surface area contributed by atoms with E-state index in [1.165, 1.54) is 0 Å². The van der Waals surface area contributed by atoms with E-state index in [0.29, 0.717) is 16.8 Å². The van der Waals surface area contributed by atoms with Crippen LogP contribution in [-0.2, 0) is 26.7 Å². The number of carbonyl (C=O) groups excluding carboxylic acids is 1. The molecule has 0 fully saturated rings. The molecule has 0 radical (unpaired) electrons. The molecular formula is C26H35N3O4. The van der Waals surface area contributed by atoms with Gasteiger partial charge < -0.3 is 14.2 Å². The number of nitrogens with zero attached hydrogens (tertiary/aromatic N) is 3. The number of aromatic nitrogens is 2. The van der Waals surface area contributed by atoms with Crippen LogP contribution in [0.3, 0.4) is 0 Å². The minimum absolute atomic E-state index is 0.00841. The molecule has 0 saturated heterocycles. The van der Waals surface area contributed by atoms with Crippen molar-refractivity contribution in [3.8, 4) is 6.07 Å². The number of hydrogen-bond donors (Lipinski definition) is 0. The van der Waals surface area contributed by atoms with Crippen LogP contribution in [0.5, 0.6) is 0 Å². The maximum atomic E-state index is 12.1. The van der Waals surface area contributed by atoms with E-state index in [1.807, 2.05) is 51.1 Å². The van der Waals surface area contributed by atoms with Crippen molar-refractivity contribution in [2.75, 3.05) is 6.61 Å². The van der Waals surface area contributed by atoms with Crippen molar-refractivity contribution in [2.45, 2.75) is 66.6 Å². The van der Waals surface area contributed by atoms with Crippen LogP contribution in [0.1, 0.15) is 70.5 Å². The Morgan fingerprint density at radius 3 is 2.30 bits per heavy atom. The first-order valence-electron chi connectivity index (χ1n) is 11.2. The van der Waals surface area contributed by atoms with Crippen LogP contribution < -0.4 is 0 Å². The summed E-state index contributed by atoms with van der Waals surface area (Å²) >= 11 is 0. The molecule has 2 rings (SSSR count). The predicted molar refractivity (Wildman–Crippen MR) is 128 cm³/mol. The van der Waals surface area contributed by atoms with Gasteiger partial charge in [-0.3, -0.25) is 4.68 Å². The maximum absolute atomic E-state index is 12.1. The molecule has 0 aliphatic rings. The highest BCUT2D eigenvalue weighted by Crippen LogP contribution is 2.31. The predicted octanol–water partition coefficient (Wildman–Crippen LogP) is 5.98. The summed E-state index contributed by atoms with van der Waals surface area (Å²) in [6.07, 6.45) is -0.890. The molecule has 2 unspecified atom stereocenters. The third kappa shape index (κ3) is 7.11. The number of hydrogen-bond acceptors (Lipinski definition) is 6. The number of allylic oxidation sites excluding steroid dienone is 1. The Morgan fingerprint density at radius 1 is 1.18 bits per heavy atom. The second-order valence-electron chi connectivity index (χ2n) is 9.32. The van der Waals surface area contributed by atoms with Crippen LogP contribution in [-0.4, -0.2) is 28.8 Å². The molecular weight excluding hydrogens is 418 g/mol. The van der Waals surface area contributed by atoms with E-state index in [0.717, 1.165) is 17.7 Å². The standard InChI is InChI=1S/C26H35N3O4/c1-9-17(2)16-31-25(30)33-19(4)32-24(23-14-18(3)28-29(23)8)22(15-27)20-10-12-21(13-11-20)26(5,6)7/h10-14,17,19H,9,16H2,1-8H3/b24-22-. The molecule has 7 nitrogen and oxygen atoms in total. The highest BCUT2D eigenvalue weighted by Gasteiger charge is 2.23. The molecule has 33 heavy (non-hydrogen) atoms. The summed E-state index contributed by atoms with van der Waals surface area (Å²) < 4.78 is 18.1. The summed E-state index contributed by atoms with van der Waals surface area (Å²) in [6.45, 7) is 14.1. The van der Waals surface area contributed by atoms with Crippen molar-refractivity contribution >= 4 is 17.5 Å². The first-order chi connectivity index (χ1) is 15.5. The second kappa shape index (κ2) is 11.0. The van der Waals surface area contributed by atoms with Crippen molar-refractivity contribution in [1.29, 1.82) is 5.26 Å². The Hall–Kier alpha value is -3.27. The van der Waals surface area contributed by atoms with E-state index in [9.17, 15) is 10.1 Å². The highest BCUT2D eigenvalue weighted by molar-refractivity contribution is 5.94. The van der Waals surface area contributed by atoms with Crippen LogP contribution >= 0.6 is 0 Å². The van der Waals surface area contributed by atoms with Crippen molar-refractivity contribution < 1.29 is 19.0 Å². The first-order valence-corrected chi connectivity index (χ1v) is 11.2. The number of carbonyl (C=O) groups is 1. The van der Waals surface area contributed by atoms with E-state index in [1.54, 1.807) is 18.7 Å². The molecule has 2 atom stereocenters. The molecule has 1 aromatic carbocycles. The quantitative estimate of drug-likeness (QED) is 0.211. The van der Waals surface area contributed by atoms with Crippen LogP contribution in [0.25, 0.3) is 11.3 Å². The molecule has 0 aliphatic carbocycles. The first kappa shape index (κ1) is 26.0. The third-order valence-electron chi connectivity index (χ3n) is 5.34. The molecule has 1 aromatic heterocycles. The largest absolute Gasteiger partial charge is 0.511 e. The van der Waals surface area contributed by atoms with Gasteiger partial charge in [0, 0.05) is 14.0 Å². The van der Waals surface area contributed by atoms with E-state index in [-0.39, 0.29) is 23.7 Å². The average molecular weight is 454 g/mol. The third-order valence-corrected chi connectivity index (χ3v) is 5.34. The van der Waals surface area contributed by atoms with Gasteiger partial charge >= 0.3 is 6.16 Å². The maximum Gasteiger partial charge on any atom is 0.511 e. The van der Waals surface area contributed by atoms with E-state index < -0.39 is 12.4 Å². The fourth-order valence-corrected chi connectivity index (χ4v) is 3.14. The van der Waals surface area contributed by atoms with Crippen molar-refractivity contribution in [1.82, 2.24) is 9.78 Å². The Kier molecular flexibility index (Phi) is 8.69. The van der Waals surface area contributed by atoms with Gasteiger partial charge in [-0.15, -0.1) is 0 Å². The number of rotatable bonds is 8. The van der Waals surface area contributed by atoms with Gasteiger partial charge in [-0.25, -0.2) is 4.79 Å². The summed E-state index contributed by atoms with van der Waals surface area (Å²) in [7, 11) is 1.77. The van der Waals surface area contributed by atoms with Gasteiger partial charge in [0.1, 0.15) is 17.3 Å².